The maximum Gasteiger partial charge on any atom is 0.136 e. The number of carbonyl (C=O) groups excluding carboxylic acids is 1. The van der Waals surface area contributed by atoms with Gasteiger partial charge in [0.2, 0.25) is 0 Å². The van der Waals surface area contributed by atoms with E-state index in [0.29, 0.717) is 18.6 Å². The Bertz CT molecular complexity index is 350. The number of Topliss-reactive ketones (excluding diaryl/α,β-unsaturated/α-hetero) is 1. The summed E-state index contributed by atoms with van der Waals surface area (Å²) in [6.45, 7) is 6.95. The van der Waals surface area contributed by atoms with Gasteiger partial charge in [-0.15, -0.1) is 0 Å². The quantitative estimate of drug-likeness (QED) is 0.753. The molecule has 1 aliphatic heterocycles. The maximum atomic E-state index is 11.4. The minimum absolute atomic E-state index is 0.238. The average molecular weight is 233 g/mol. The third-order valence-electron chi connectivity index (χ3n) is 2.96. The van der Waals surface area contributed by atoms with Gasteiger partial charge >= 0.3 is 0 Å². The van der Waals surface area contributed by atoms with Gasteiger partial charge in [-0.2, -0.15) is 0 Å². The molecule has 0 saturated carbocycles. The molecule has 1 aliphatic carbocycles. The van der Waals surface area contributed by atoms with Crippen LogP contribution in [0.3, 0.4) is 0 Å². The molecule has 2 nitrogen and oxygen atoms in total. The zero-order valence-electron chi connectivity index (χ0n) is 11.1. The summed E-state index contributed by atoms with van der Waals surface area (Å²) in [5.41, 5.74) is 2.62. The van der Waals surface area contributed by atoms with E-state index < -0.39 is 0 Å². The molecule has 0 bridgehead atoms. The smallest absolute Gasteiger partial charge is 0.136 e. The zero-order chi connectivity index (χ0) is 12.7. The first-order chi connectivity index (χ1) is 8.25. The van der Waals surface area contributed by atoms with Crippen molar-refractivity contribution < 1.29 is 4.79 Å². The van der Waals surface area contributed by atoms with Crippen LogP contribution in [0, 0.1) is 0 Å². The van der Waals surface area contributed by atoms with Crippen LogP contribution in [0.15, 0.2) is 35.5 Å². The van der Waals surface area contributed by atoms with Gasteiger partial charge in [0.1, 0.15) is 5.78 Å². The Morgan fingerprint density at radius 3 is 2.82 bits per heavy atom. The monoisotopic (exact) mass is 233 g/mol. The normalized spacial score (nSPS) is 24.2. The first-order valence-corrected chi connectivity index (χ1v) is 6.54. The van der Waals surface area contributed by atoms with Crippen LogP contribution in [0.1, 0.15) is 40.0 Å². The standard InChI is InChI=1S/C13H17NO.C2H6/c1-10-3-2-4-11(6-5-10)13-9-12(15)7-8-14-13;1-2/h2-4,6,13-14H,5,7-9H2,1H3;1-2H3. The highest BCUT2D eigenvalue weighted by molar-refractivity contribution is 5.80. The Morgan fingerprint density at radius 1 is 1.35 bits per heavy atom. The molecule has 1 N–H and O–H groups in total. The molecule has 0 aromatic carbocycles. The van der Waals surface area contributed by atoms with Gasteiger partial charge in [-0.3, -0.25) is 4.79 Å². The van der Waals surface area contributed by atoms with Gasteiger partial charge in [-0.25, -0.2) is 0 Å². The van der Waals surface area contributed by atoms with Gasteiger partial charge in [-0.1, -0.05) is 43.7 Å². The lowest BCUT2D eigenvalue weighted by atomic mass is 9.95. The fourth-order valence-corrected chi connectivity index (χ4v) is 2.02. The number of rotatable bonds is 1. The van der Waals surface area contributed by atoms with E-state index in [-0.39, 0.29) is 6.04 Å². The largest absolute Gasteiger partial charge is 0.309 e. The Labute approximate surface area is 104 Å². The molecule has 0 aromatic rings. The molecule has 2 aliphatic rings. The number of piperidine rings is 1. The Kier molecular flexibility index (Phi) is 5.92. The van der Waals surface area contributed by atoms with E-state index in [2.05, 4.69) is 36.5 Å². The van der Waals surface area contributed by atoms with E-state index in [4.69, 9.17) is 0 Å². The lowest BCUT2D eigenvalue weighted by molar-refractivity contribution is -0.120. The molecule has 2 rings (SSSR count). The van der Waals surface area contributed by atoms with Gasteiger partial charge in [-0.05, 0) is 18.9 Å². The van der Waals surface area contributed by atoms with Crippen LogP contribution in [-0.2, 0) is 4.79 Å². The van der Waals surface area contributed by atoms with E-state index in [1.165, 1.54) is 11.1 Å². The topological polar surface area (TPSA) is 29.1 Å². The van der Waals surface area contributed by atoms with E-state index in [1.54, 1.807) is 0 Å². The number of carbonyl (C=O) groups is 1. The highest BCUT2D eigenvalue weighted by Gasteiger charge is 2.20. The van der Waals surface area contributed by atoms with Crippen LogP contribution in [0.5, 0.6) is 0 Å². The van der Waals surface area contributed by atoms with Crippen molar-refractivity contribution in [2.45, 2.75) is 46.1 Å². The van der Waals surface area contributed by atoms with Gasteiger partial charge in [0, 0.05) is 25.4 Å². The van der Waals surface area contributed by atoms with Crippen LogP contribution in [0.25, 0.3) is 0 Å². The molecule has 17 heavy (non-hydrogen) atoms. The van der Waals surface area contributed by atoms with Crippen molar-refractivity contribution in [2.75, 3.05) is 6.54 Å². The number of nitrogens with one attached hydrogen (secondary N) is 1. The van der Waals surface area contributed by atoms with E-state index in [9.17, 15) is 4.79 Å². The molecular weight excluding hydrogens is 210 g/mol. The minimum atomic E-state index is 0.238. The maximum absolute atomic E-state index is 11.4. The predicted octanol–water partition coefficient (Wildman–Crippen LogP) is 3.17. The van der Waals surface area contributed by atoms with Crippen LogP contribution in [0.4, 0.5) is 0 Å². The third-order valence-corrected chi connectivity index (χ3v) is 2.96. The van der Waals surface area contributed by atoms with Crippen molar-refractivity contribution in [3.05, 3.63) is 35.5 Å². The van der Waals surface area contributed by atoms with Crippen LogP contribution in [0.2, 0.25) is 0 Å². The average Bonchev–Trinajstić information content (AvgIpc) is 2.57. The second-order valence-electron chi connectivity index (χ2n) is 4.28. The Balaban J connectivity index is 0.000000686. The number of ketones is 1. The predicted molar refractivity (Wildman–Crippen MR) is 73.0 cm³/mol. The van der Waals surface area contributed by atoms with Gasteiger partial charge < -0.3 is 5.32 Å². The molecular formula is C15H23NO. The van der Waals surface area contributed by atoms with Gasteiger partial charge in [0.15, 0.2) is 0 Å². The molecule has 0 radical (unpaired) electrons. The van der Waals surface area contributed by atoms with Crippen LogP contribution < -0.4 is 5.32 Å². The highest BCUT2D eigenvalue weighted by Crippen LogP contribution is 2.18. The molecule has 94 valence electrons. The molecule has 0 aromatic heterocycles. The Hall–Kier alpha value is -1.15. The van der Waals surface area contributed by atoms with Gasteiger partial charge in [0.25, 0.3) is 0 Å². The van der Waals surface area contributed by atoms with Crippen molar-refractivity contribution in [2.24, 2.45) is 0 Å². The molecule has 1 atom stereocenters. The fraction of sp³-hybridized carbons (Fsp3) is 0.533. The molecule has 2 heteroatoms. The molecule has 0 spiro atoms. The van der Waals surface area contributed by atoms with Crippen molar-refractivity contribution in [3.8, 4) is 0 Å². The van der Waals surface area contributed by atoms with Crippen LogP contribution in [-0.4, -0.2) is 18.4 Å². The van der Waals surface area contributed by atoms with E-state index in [0.717, 1.165) is 13.0 Å². The zero-order valence-corrected chi connectivity index (χ0v) is 11.1. The number of allylic oxidation sites excluding steroid dienone is 4. The van der Waals surface area contributed by atoms with Crippen LogP contribution >= 0.6 is 0 Å². The second-order valence-corrected chi connectivity index (χ2v) is 4.28. The Morgan fingerprint density at radius 2 is 2.12 bits per heavy atom. The van der Waals surface area contributed by atoms with Crippen molar-refractivity contribution >= 4 is 5.78 Å². The number of hydrogen-bond acceptors (Lipinski definition) is 2. The summed E-state index contributed by atoms with van der Waals surface area (Å²) in [4.78, 5) is 11.4. The number of hydrogen-bond donors (Lipinski definition) is 1. The van der Waals surface area contributed by atoms with Crippen molar-refractivity contribution in [1.29, 1.82) is 0 Å². The summed E-state index contributed by atoms with van der Waals surface area (Å²) in [6, 6.07) is 0.238. The summed E-state index contributed by atoms with van der Waals surface area (Å²) < 4.78 is 0. The minimum Gasteiger partial charge on any atom is -0.309 e. The fourth-order valence-electron chi connectivity index (χ4n) is 2.02. The summed E-state index contributed by atoms with van der Waals surface area (Å²) in [6.07, 6.45) is 10.9. The van der Waals surface area contributed by atoms with Crippen molar-refractivity contribution in [1.82, 2.24) is 5.32 Å². The lowest BCUT2D eigenvalue weighted by Gasteiger charge is -2.23. The summed E-state index contributed by atoms with van der Waals surface area (Å²) in [5, 5.41) is 3.40. The lowest BCUT2D eigenvalue weighted by Crippen LogP contribution is -2.39. The molecule has 1 unspecified atom stereocenters. The first kappa shape index (κ1) is 13.9. The summed E-state index contributed by atoms with van der Waals surface area (Å²) >= 11 is 0. The highest BCUT2D eigenvalue weighted by atomic mass is 16.1. The summed E-state index contributed by atoms with van der Waals surface area (Å²) in [5.74, 6) is 0.377. The SMILES string of the molecule is CC.CC1=CC=CC(C2CC(=O)CCN2)=CC1. The molecule has 0 amide bonds. The third kappa shape index (κ3) is 4.31. The van der Waals surface area contributed by atoms with E-state index >= 15 is 0 Å². The van der Waals surface area contributed by atoms with E-state index in [1.807, 2.05) is 13.8 Å². The second kappa shape index (κ2) is 7.23. The molecule has 1 heterocycles. The molecule has 1 saturated heterocycles. The first-order valence-electron chi connectivity index (χ1n) is 6.54. The molecule has 1 fully saturated rings. The summed E-state index contributed by atoms with van der Waals surface area (Å²) in [7, 11) is 0. The van der Waals surface area contributed by atoms with Gasteiger partial charge in [0.05, 0.1) is 0 Å². The van der Waals surface area contributed by atoms with Crippen molar-refractivity contribution in [3.63, 3.8) is 0 Å².